The van der Waals surface area contributed by atoms with Crippen molar-refractivity contribution < 1.29 is 21.6 Å². The molecule has 0 unspecified atom stereocenters. The lowest BCUT2D eigenvalue weighted by molar-refractivity contribution is -0.137. The van der Waals surface area contributed by atoms with Crippen molar-refractivity contribution in [2.75, 3.05) is 19.6 Å². The van der Waals surface area contributed by atoms with E-state index in [9.17, 15) is 21.6 Å². The smallest absolute Gasteiger partial charge is 0.317 e. The van der Waals surface area contributed by atoms with E-state index in [1.807, 2.05) is 0 Å². The summed E-state index contributed by atoms with van der Waals surface area (Å²) in [5, 5.41) is 3.17. The predicted molar refractivity (Wildman–Crippen MR) is 72.2 cm³/mol. The molecule has 1 fully saturated rings. The Bertz CT molecular complexity index is 581. The number of hydrogen-bond donors (Lipinski definition) is 2. The van der Waals surface area contributed by atoms with E-state index in [2.05, 4.69) is 10.0 Å². The van der Waals surface area contributed by atoms with Gasteiger partial charge in [-0.1, -0.05) is 6.07 Å². The Morgan fingerprint density at radius 1 is 1.24 bits per heavy atom. The van der Waals surface area contributed by atoms with Crippen LogP contribution < -0.4 is 10.0 Å². The third kappa shape index (κ3) is 4.42. The van der Waals surface area contributed by atoms with Crippen LogP contribution >= 0.6 is 0 Å². The van der Waals surface area contributed by atoms with Crippen LogP contribution in [-0.2, 0) is 16.2 Å². The Hall–Kier alpha value is -1.12. The molecule has 0 amide bonds. The van der Waals surface area contributed by atoms with Gasteiger partial charge >= 0.3 is 6.18 Å². The molecule has 1 aliphatic heterocycles. The number of piperidine rings is 1. The van der Waals surface area contributed by atoms with Crippen LogP contribution in [-0.4, -0.2) is 28.1 Å². The number of nitrogens with one attached hydrogen (secondary N) is 2. The predicted octanol–water partition coefficient (Wildman–Crippen LogP) is 1.98. The van der Waals surface area contributed by atoms with Gasteiger partial charge in [-0.3, -0.25) is 0 Å². The van der Waals surface area contributed by atoms with Crippen molar-refractivity contribution in [2.45, 2.75) is 23.9 Å². The number of sulfonamides is 1. The number of hydrogen-bond acceptors (Lipinski definition) is 3. The van der Waals surface area contributed by atoms with Crippen molar-refractivity contribution in [2.24, 2.45) is 5.92 Å². The molecule has 0 spiro atoms. The fourth-order valence-corrected chi connectivity index (χ4v) is 3.40. The van der Waals surface area contributed by atoms with Crippen molar-refractivity contribution in [1.29, 1.82) is 0 Å². The Morgan fingerprint density at radius 2 is 1.90 bits per heavy atom. The molecule has 1 aromatic rings. The van der Waals surface area contributed by atoms with Crippen molar-refractivity contribution in [3.8, 4) is 0 Å². The highest BCUT2D eigenvalue weighted by Crippen LogP contribution is 2.30. The molecular formula is C13H17F3N2O2S. The van der Waals surface area contributed by atoms with Gasteiger partial charge in [0, 0.05) is 6.54 Å². The zero-order valence-corrected chi connectivity index (χ0v) is 12.1. The first-order valence-corrected chi connectivity index (χ1v) is 8.15. The molecule has 0 aliphatic carbocycles. The molecule has 4 nitrogen and oxygen atoms in total. The highest BCUT2D eigenvalue weighted by atomic mass is 32.2. The maximum atomic E-state index is 12.6. The number of alkyl halides is 3. The van der Waals surface area contributed by atoms with Gasteiger partial charge in [-0.25, -0.2) is 13.1 Å². The molecule has 0 saturated carbocycles. The minimum Gasteiger partial charge on any atom is -0.317 e. The molecule has 1 aromatic carbocycles. The summed E-state index contributed by atoms with van der Waals surface area (Å²) in [6, 6.07) is 3.78. The van der Waals surface area contributed by atoms with E-state index >= 15 is 0 Å². The fraction of sp³-hybridized carbons (Fsp3) is 0.538. The van der Waals surface area contributed by atoms with Crippen molar-refractivity contribution in [3.05, 3.63) is 29.8 Å². The van der Waals surface area contributed by atoms with Gasteiger partial charge in [-0.15, -0.1) is 0 Å². The molecule has 118 valence electrons. The Kier molecular flexibility index (Phi) is 4.90. The Balaban J connectivity index is 2.08. The minimum absolute atomic E-state index is 0.215. The van der Waals surface area contributed by atoms with Gasteiger partial charge in [0.25, 0.3) is 0 Å². The average Bonchev–Trinajstić information content (AvgIpc) is 2.46. The van der Waals surface area contributed by atoms with Gasteiger partial charge in [0.05, 0.1) is 10.5 Å². The van der Waals surface area contributed by atoms with Crippen molar-refractivity contribution >= 4 is 10.0 Å². The molecular weight excluding hydrogens is 305 g/mol. The van der Waals surface area contributed by atoms with Crippen molar-refractivity contribution in [3.63, 3.8) is 0 Å². The molecule has 1 heterocycles. The summed E-state index contributed by atoms with van der Waals surface area (Å²) in [6.07, 6.45) is -2.85. The molecule has 0 radical (unpaired) electrons. The number of halogens is 3. The van der Waals surface area contributed by atoms with Gasteiger partial charge < -0.3 is 5.32 Å². The second-order valence-electron chi connectivity index (χ2n) is 5.07. The number of rotatable bonds is 4. The summed E-state index contributed by atoms with van der Waals surface area (Å²) in [6.45, 7) is 1.91. The average molecular weight is 322 g/mol. The van der Waals surface area contributed by atoms with Gasteiger partial charge in [-0.05, 0) is 50.0 Å². The van der Waals surface area contributed by atoms with E-state index in [1.54, 1.807) is 0 Å². The van der Waals surface area contributed by atoms with Crippen LogP contribution in [0.2, 0.25) is 0 Å². The molecule has 1 aliphatic rings. The SMILES string of the molecule is O=S(=O)(NCC1CCNCC1)c1cccc(C(F)(F)F)c1. The summed E-state index contributed by atoms with van der Waals surface area (Å²) < 4.78 is 64.4. The zero-order chi connectivity index (χ0) is 15.5. The van der Waals surface area contributed by atoms with Gasteiger partial charge in [0.1, 0.15) is 0 Å². The molecule has 0 aromatic heterocycles. The molecule has 2 N–H and O–H groups in total. The lowest BCUT2D eigenvalue weighted by Gasteiger charge is -2.22. The van der Waals surface area contributed by atoms with E-state index in [4.69, 9.17) is 0 Å². The molecule has 1 saturated heterocycles. The monoisotopic (exact) mass is 322 g/mol. The Labute approximate surface area is 121 Å². The van der Waals surface area contributed by atoms with Crippen LogP contribution in [0, 0.1) is 5.92 Å². The quantitative estimate of drug-likeness (QED) is 0.891. The summed E-state index contributed by atoms with van der Waals surface area (Å²) >= 11 is 0. The summed E-state index contributed by atoms with van der Waals surface area (Å²) in [4.78, 5) is -0.355. The maximum absolute atomic E-state index is 12.6. The summed E-state index contributed by atoms with van der Waals surface area (Å²) in [7, 11) is -3.91. The Morgan fingerprint density at radius 3 is 2.52 bits per heavy atom. The first kappa shape index (κ1) is 16.3. The molecule has 21 heavy (non-hydrogen) atoms. The highest BCUT2D eigenvalue weighted by molar-refractivity contribution is 7.89. The standard InChI is InChI=1S/C13H17F3N2O2S/c14-13(15,16)11-2-1-3-12(8-11)21(19,20)18-9-10-4-6-17-7-5-10/h1-3,8,10,17-18H,4-7,9H2. The summed E-state index contributed by atoms with van der Waals surface area (Å²) in [5.74, 6) is 0.215. The van der Waals surface area contributed by atoms with Crippen LogP contribution in [0.15, 0.2) is 29.2 Å². The van der Waals surface area contributed by atoms with E-state index in [1.165, 1.54) is 6.07 Å². The highest BCUT2D eigenvalue weighted by Gasteiger charge is 2.31. The molecule has 0 atom stereocenters. The lowest BCUT2D eigenvalue weighted by atomic mass is 9.99. The topological polar surface area (TPSA) is 58.2 Å². The third-order valence-corrected chi connectivity index (χ3v) is 4.91. The van der Waals surface area contributed by atoms with Crippen LogP contribution in [0.4, 0.5) is 13.2 Å². The van der Waals surface area contributed by atoms with Crippen LogP contribution in [0.1, 0.15) is 18.4 Å². The van der Waals surface area contributed by atoms with E-state index in [0.29, 0.717) is 6.07 Å². The number of benzene rings is 1. The zero-order valence-electron chi connectivity index (χ0n) is 11.3. The maximum Gasteiger partial charge on any atom is 0.416 e. The van der Waals surface area contributed by atoms with E-state index in [0.717, 1.165) is 38.1 Å². The van der Waals surface area contributed by atoms with Gasteiger partial charge in [-0.2, -0.15) is 13.2 Å². The first-order valence-electron chi connectivity index (χ1n) is 6.67. The summed E-state index contributed by atoms with van der Waals surface area (Å²) in [5.41, 5.74) is -0.966. The van der Waals surface area contributed by atoms with Crippen LogP contribution in [0.5, 0.6) is 0 Å². The van der Waals surface area contributed by atoms with Gasteiger partial charge in [0.2, 0.25) is 10.0 Å². The van der Waals surface area contributed by atoms with Crippen LogP contribution in [0.25, 0.3) is 0 Å². The minimum atomic E-state index is -4.55. The second kappa shape index (κ2) is 6.33. The normalized spacial score (nSPS) is 17.9. The second-order valence-corrected chi connectivity index (χ2v) is 6.84. The van der Waals surface area contributed by atoms with Gasteiger partial charge in [0.15, 0.2) is 0 Å². The molecule has 0 bridgehead atoms. The van der Waals surface area contributed by atoms with E-state index < -0.39 is 21.8 Å². The van der Waals surface area contributed by atoms with E-state index in [-0.39, 0.29) is 17.4 Å². The first-order chi connectivity index (χ1) is 9.79. The third-order valence-electron chi connectivity index (χ3n) is 3.49. The molecule has 8 heteroatoms. The lowest BCUT2D eigenvalue weighted by Crippen LogP contribution is -2.36. The largest absolute Gasteiger partial charge is 0.416 e. The van der Waals surface area contributed by atoms with Crippen LogP contribution in [0.3, 0.4) is 0 Å². The van der Waals surface area contributed by atoms with Crippen molar-refractivity contribution in [1.82, 2.24) is 10.0 Å². The molecule has 2 rings (SSSR count). The fourth-order valence-electron chi connectivity index (χ4n) is 2.24.